The number of benzene rings is 3. The summed E-state index contributed by atoms with van der Waals surface area (Å²) in [5.41, 5.74) is 6.08. The van der Waals surface area contributed by atoms with Gasteiger partial charge in [0.1, 0.15) is 0 Å². The molecule has 2 aliphatic rings. The highest BCUT2D eigenvalue weighted by atomic mass is 16.7. The van der Waals surface area contributed by atoms with E-state index in [1.807, 2.05) is 36.4 Å². The van der Waals surface area contributed by atoms with Gasteiger partial charge in [0, 0.05) is 44.6 Å². The van der Waals surface area contributed by atoms with Gasteiger partial charge in [0.2, 0.25) is 5.91 Å². The molecule has 2 fully saturated rings. The lowest BCUT2D eigenvalue weighted by molar-refractivity contribution is -0.276. The molecule has 1 amide bonds. The minimum absolute atomic E-state index is 0.00943. The summed E-state index contributed by atoms with van der Waals surface area (Å²) < 4.78 is 13.2. The Balaban J connectivity index is 1.36. The number of hydrogen-bond donors (Lipinski definition) is 3. The molecule has 2 heterocycles. The molecule has 0 aromatic heterocycles. The van der Waals surface area contributed by atoms with Crippen LogP contribution in [0.1, 0.15) is 54.9 Å². The van der Waals surface area contributed by atoms with Crippen molar-refractivity contribution in [2.75, 3.05) is 19.6 Å². The van der Waals surface area contributed by atoms with Crippen LogP contribution in [0, 0.1) is 5.92 Å². The van der Waals surface area contributed by atoms with Crippen molar-refractivity contribution < 1.29 is 24.5 Å². The molecule has 206 valence electrons. The van der Waals surface area contributed by atoms with Gasteiger partial charge in [-0.15, -0.1) is 0 Å². The fourth-order valence-electron chi connectivity index (χ4n) is 5.48. The summed E-state index contributed by atoms with van der Waals surface area (Å²) in [5, 5.41) is 22.4. The zero-order chi connectivity index (χ0) is 27.4. The summed E-state index contributed by atoms with van der Waals surface area (Å²) in [6.45, 7) is 6.47. The van der Waals surface area contributed by atoms with Gasteiger partial charge in [-0.25, -0.2) is 0 Å². The van der Waals surface area contributed by atoms with Crippen molar-refractivity contribution in [1.82, 2.24) is 10.2 Å². The summed E-state index contributed by atoms with van der Waals surface area (Å²) in [4.78, 5) is 13.6. The number of amides is 1. The fourth-order valence-corrected chi connectivity index (χ4v) is 5.48. The van der Waals surface area contributed by atoms with Crippen LogP contribution in [-0.2, 0) is 27.4 Å². The minimum atomic E-state index is -0.526. The van der Waals surface area contributed by atoms with E-state index in [1.165, 1.54) is 6.92 Å². The molecular weight excluding hydrogens is 492 g/mol. The van der Waals surface area contributed by atoms with Crippen molar-refractivity contribution in [2.45, 2.75) is 58.0 Å². The molecule has 0 aliphatic carbocycles. The molecule has 0 radical (unpaired) electrons. The molecule has 2 aliphatic heterocycles. The first kappa shape index (κ1) is 27.5. The van der Waals surface area contributed by atoms with Crippen LogP contribution < -0.4 is 5.32 Å². The second-order valence-corrected chi connectivity index (χ2v) is 10.8. The second-order valence-electron chi connectivity index (χ2n) is 10.8. The van der Waals surface area contributed by atoms with Crippen molar-refractivity contribution in [2.24, 2.45) is 5.92 Å². The van der Waals surface area contributed by atoms with Gasteiger partial charge in [-0.2, -0.15) is 0 Å². The summed E-state index contributed by atoms with van der Waals surface area (Å²) in [5.74, 6) is 0.0537. The van der Waals surface area contributed by atoms with Gasteiger partial charge < -0.3 is 25.0 Å². The maximum Gasteiger partial charge on any atom is 0.217 e. The van der Waals surface area contributed by atoms with Crippen LogP contribution in [0.2, 0.25) is 0 Å². The maximum absolute atomic E-state index is 11.3. The van der Waals surface area contributed by atoms with Crippen molar-refractivity contribution in [3.8, 4) is 11.1 Å². The lowest BCUT2D eigenvalue weighted by Gasteiger charge is -2.42. The van der Waals surface area contributed by atoms with E-state index in [0.29, 0.717) is 13.1 Å². The molecule has 7 heteroatoms. The Morgan fingerprint density at radius 3 is 2.38 bits per heavy atom. The van der Waals surface area contributed by atoms with E-state index < -0.39 is 6.29 Å². The number of ether oxygens (including phenoxy) is 2. The largest absolute Gasteiger partial charge is 0.392 e. The van der Waals surface area contributed by atoms with Gasteiger partial charge in [-0.05, 0) is 40.3 Å². The molecule has 0 unspecified atom stereocenters. The first-order chi connectivity index (χ1) is 18.9. The number of nitrogens with zero attached hydrogens (tertiary/aromatic N) is 1. The number of hydrogen-bond acceptors (Lipinski definition) is 6. The summed E-state index contributed by atoms with van der Waals surface area (Å²) in [6.07, 6.45) is -0.245. The van der Waals surface area contributed by atoms with Crippen LogP contribution in [0.25, 0.3) is 11.1 Å². The Hall–Kier alpha value is -3.07. The normalized spacial score (nSPS) is 25.5. The quantitative estimate of drug-likeness (QED) is 0.401. The number of aliphatic hydroxyl groups excluding tert-OH is 2. The SMILES string of the molecule is CC(=O)NCc1cccc(-c2ccc([C@@H]3O[C@H](CN4CC[C@H](O)C4)[C@H](C)[C@H](c4ccc(CO)cc4)O3)cc2)c1. The van der Waals surface area contributed by atoms with Crippen LogP contribution in [0.15, 0.2) is 72.8 Å². The predicted molar refractivity (Wildman–Crippen MR) is 149 cm³/mol. The molecule has 5 rings (SSSR count). The highest BCUT2D eigenvalue weighted by molar-refractivity contribution is 5.73. The van der Waals surface area contributed by atoms with Gasteiger partial charge in [0.15, 0.2) is 6.29 Å². The average molecular weight is 531 g/mol. The number of carbonyl (C=O) groups is 1. The Morgan fingerprint density at radius 1 is 0.974 bits per heavy atom. The first-order valence-corrected chi connectivity index (χ1v) is 13.7. The van der Waals surface area contributed by atoms with Crippen LogP contribution >= 0.6 is 0 Å². The summed E-state index contributed by atoms with van der Waals surface area (Å²) in [6, 6.07) is 24.4. The summed E-state index contributed by atoms with van der Waals surface area (Å²) >= 11 is 0. The van der Waals surface area contributed by atoms with Gasteiger partial charge in [-0.3, -0.25) is 9.69 Å². The van der Waals surface area contributed by atoms with Gasteiger partial charge >= 0.3 is 0 Å². The van der Waals surface area contributed by atoms with Gasteiger partial charge in [-0.1, -0.05) is 73.7 Å². The van der Waals surface area contributed by atoms with E-state index in [9.17, 15) is 15.0 Å². The first-order valence-electron chi connectivity index (χ1n) is 13.7. The molecule has 0 saturated carbocycles. The topological polar surface area (TPSA) is 91.3 Å². The second kappa shape index (κ2) is 12.4. The monoisotopic (exact) mass is 530 g/mol. The Kier molecular flexibility index (Phi) is 8.75. The number of β-amino-alcohol motifs (C(OH)–C–C–N with tert-alkyl or cyclic N) is 1. The van der Waals surface area contributed by atoms with E-state index in [2.05, 4.69) is 53.5 Å². The molecule has 3 aromatic rings. The average Bonchev–Trinajstić information content (AvgIpc) is 3.37. The van der Waals surface area contributed by atoms with Crippen molar-refractivity contribution >= 4 is 5.91 Å². The Labute approximate surface area is 230 Å². The van der Waals surface area contributed by atoms with E-state index >= 15 is 0 Å². The van der Waals surface area contributed by atoms with Crippen LogP contribution in [0.3, 0.4) is 0 Å². The molecule has 5 atom stereocenters. The summed E-state index contributed by atoms with van der Waals surface area (Å²) in [7, 11) is 0. The number of rotatable bonds is 8. The van der Waals surface area contributed by atoms with Crippen molar-refractivity contribution in [1.29, 1.82) is 0 Å². The standard InChI is InChI=1S/C32H38N2O5/c1-21-30(19-34-15-14-29(37)18-34)38-32(39-31(21)26-8-6-23(20-35)7-9-26)27-12-10-25(11-13-27)28-5-3-4-24(16-28)17-33-22(2)36/h3-13,16,21,29-32,35,37H,14-15,17-20H2,1-2H3,(H,33,36)/t21-,29-,30+,31+,32+/m0/s1. The fraction of sp³-hybridized carbons (Fsp3) is 0.406. The highest BCUT2D eigenvalue weighted by Crippen LogP contribution is 2.42. The molecule has 0 bridgehead atoms. The third kappa shape index (κ3) is 6.75. The minimum Gasteiger partial charge on any atom is -0.392 e. The molecule has 39 heavy (non-hydrogen) atoms. The van der Waals surface area contributed by atoms with E-state index in [0.717, 1.165) is 52.9 Å². The lowest BCUT2D eigenvalue weighted by Crippen LogP contribution is -2.44. The number of carbonyl (C=O) groups excluding carboxylic acids is 1. The molecule has 2 saturated heterocycles. The van der Waals surface area contributed by atoms with Gasteiger partial charge in [0.25, 0.3) is 0 Å². The van der Waals surface area contributed by atoms with E-state index in [4.69, 9.17) is 9.47 Å². The predicted octanol–water partition coefficient (Wildman–Crippen LogP) is 4.34. The smallest absolute Gasteiger partial charge is 0.217 e. The molecular formula is C32H38N2O5. The Bertz CT molecular complexity index is 1250. The molecule has 7 nitrogen and oxygen atoms in total. The number of aliphatic hydroxyl groups is 2. The third-order valence-electron chi connectivity index (χ3n) is 7.79. The van der Waals surface area contributed by atoms with Gasteiger partial charge in [0.05, 0.1) is 24.9 Å². The number of nitrogens with one attached hydrogen (secondary N) is 1. The van der Waals surface area contributed by atoms with E-state index in [-0.39, 0.29) is 36.7 Å². The zero-order valence-electron chi connectivity index (χ0n) is 22.6. The zero-order valence-corrected chi connectivity index (χ0v) is 22.6. The maximum atomic E-state index is 11.3. The highest BCUT2D eigenvalue weighted by Gasteiger charge is 2.39. The molecule has 0 spiro atoms. The third-order valence-corrected chi connectivity index (χ3v) is 7.79. The lowest BCUT2D eigenvalue weighted by atomic mass is 9.90. The van der Waals surface area contributed by atoms with Crippen LogP contribution in [0.5, 0.6) is 0 Å². The molecule has 3 aromatic carbocycles. The van der Waals surface area contributed by atoms with Crippen molar-refractivity contribution in [3.63, 3.8) is 0 Å². The van der Waals surface area contributed by atoms with Crippen LogP contribution in [-0.4, -0.2) is 52.9 Å². The number of likely N-dealkylation sites (tertiary alicyclic amines) is 1. The van der Waals surface area contributed by atoms with Crippen molar-refractivity contribution in [3.05, 3.63) is 95.1 Å². The van der Waals surface area contributed by atoms with E-state index in [1.54, 1.807) is 0 Å². The molecule has 3 N–H and O–H groups in total. The Morgan fingerprint density at radius 2 is 1.72 bits per heavy atom. The van der Waals surface area contributed by atoms with Crippen LogP contribution in [0.4, 0.5) is 0 Å².